The average Bonchev–Trinajstić information content (AvgIpc) is 2.59. The number of hydrogen-bond acceptors (Lipinski definition) is 0. The van der Waals surface area contributed by atoms with Gasteiger partial charge >= 0.3 is 0 Å². The van der Waals surface area contributed by atoms with E-state index in [2.05, 4.69) is 35.3 Å². The molecular weight excluding hydrogens is 182 g/mol. The van der Waals surface area contributed by atoms with Crippen molar-refractivity contribution >= 4 is 12.4 Å². The van der Waals surface area contributed by atoms with E-state index in [-0.39, 0.29) is 12.4 Å². The van der Waals surface area contributed by atoms with Crippen molar-refractivity contribution in [3.8, 4) is 0 Å². The second-order valence-electron chi connectivity index (χ2n) is 2.88. The van der Waals surface area contributed by atoms with Crippen molar-refractivity contribution < 1.29 is 0 Å². The summed E-state index contributed by atoms with van der Waals surface area (Å²) in [4.78, 5) is 3.05. The van der Waals surface area contributed by atoms with Crippen LogP contribution in [0.15, 0.2) is 48.8 Å². The summed E-state index contributed by atoms with van der Waals surface area (Å²) in [5, 5.41) is 0. The number of aromatic nitrogens is 1. The van der Waals surface area contributed by atoms with Crippen LogP contribution in [0.25, 0.3) is 0 Å². The zero-order valence-corrected chi connectivity index (χ0v) is 8.05. The fourth-order valence-electron chi connectivity index (χ4n) is 1.30. The average molecular weight is 194 g/mol. The summed E-state index contributed by atoms with van der Waals surface area (Å²) in [6.45, 7) is 0. The molecule has 0 saturated heterocycles. The lowest BCUT2D eigenvalue weighted by Gasteiger charge is -1.96. The number of H-pyrrole nitrogens is 1. The number of rotatable bonds is 2. The summed E-state index contributed by atoms with van der Waals surface area (Å²) < 4.78 is 0. The van der Waals surface area contributed by atoms with Crippen molar-refractivity contribution in [2.45, 2.75) is 6.42 Å². The zero-order valence-electron chi connectivity index (χ0n) is 7.23. The van der Waals surface area contributed by atoms with E-state index in [4.69, 9.17) is 0 Å². The summed E-state index contributed by atoms with van der Waals surface area (Å²) in [6.07, 6.45) is 5.01. The van der Waals surface area contributed by atoms with Crippen LogP contribution < -0.4 is 0 Å². The van der Waals surface area contributed by atoms with Gasteiger partial charge in [-0.05, 0) is 23.6 Å². The van der Waals surface area contributed by atoms with Crippen LogP contribution in [0.2, 0.25) is 0 Å². The first-order chi connectivity index (χ1) is 5.95. The Morgan fingerprint density at radius 1 is 0.923 bits per heavy atom. The third-order valence-corrected chi connectivity index (χ3v) is 1.91. The maximum atomic E-state index is 3.05. The van der Waals surface area contributed by atoms with Gasteiger partial charge in [0, 0.05) is 12.4 Å². The molecule has 1 nitrogen and oxygen atoms in total. The van der Waals surface area contributed by atoms with E-state index in [9.17, 15) is 0 Å². The molecule has 0 radical (unpaired) electrons. The third-order valence-electron chi connectivity index (χ3n) is 1.91. The fraction of sp³-hybridized carbons (Fsp3) is 0.0909. The van der Waals surface area contributed by atoms with Crippen LogP contribution >= 0.6 is 12.4 Å². The van der Waals surface area contributed by atoms with Crippen LogP contribution in [0, 0.1) is 0 Å². The van der Waals surface area contributed by atoms with Crippen LogP contribution in [0.1, 0.15) is 11.1 Å². The first-order valence-electron chi connectivity index (χ1n) is 4.11. The van der Waals surface area contributed by atoms with Crippen LogP contribution in [0.3, 0.4) is 0 Å². The lowest BCUT2D eigenvalue weighted by atomic mass is 10.1. The largest absolute Gasteiger partial charge is 0.367 e. The molecule has 1 aromatic heterocycles. The van der Waals surface area contributed by atoms with E-state index in [1.54, 1.807) is 0 Å². The van der Waals surface area contributed by atoms with Gasteiger partial charge in [-0.25, -0.2) is 0 Å². The molecule has 1 heterocycles. The van der Waals surface area contributed by atoms with E-state index in [0.29, 0.717) is 0 Å². The summed E-state index contributed by atoms with van der Waals surface area (Å²) >= 11 is 0. The van der Waals surface area contributed by atoms with Gasteiger partial charge < -0.3 is 4.98 Å². The fourth-order valence-corrected chi connectivity index (χ4v) is 1.30. The predicted octanol–water partition coefficient (Wildman–Crippen LogP) is 3.03. The van der Waals surface area contributed by atoms with E-state index in [1.165, 1.54) is 11.1 Å². The zero-order chi connectivity index (χ0) is 8.23. The van der Waals surface area contributed by atoms with Crippen molar-refractivity contribution in [3.63, 3.8) is 0 Å². The van der Waals surface area contributed by atoms with Gasteiger partial charge in [-0.15, -0.1) is 12.4 Å². The minimum atomic E-state index is 0. The number of aromatic amines is 1. The molecule has 0 atom stereocenters. The van der Waals surface area contributed by atoms with Crippen molar-refractivity contribution in [1.29, 1.82) is 0 Å². The van der Waals surface area contributed by atoms with Gasteiger partial charge in [0.05, 0.1) is 0 Å². The second-order valence-corrected chi connectivity index (χ2v) is 2.88. The Hall–Kier alpha value is -1.21. The maximum absolute atomic E-state index is 3.05. The molecule has 68 valence electrons. The number of hydrogen-bond donors (Lipinski definition) is 1. The molecule has 1 N–H and O–H groups in total. The molecule has 1 aromatic carbocycles. The molecule has 0 aliphatic rings. The highest BCUT2D eigenvalue weighted by atomic mass is 35.5. The quantitative estimate of drug-likeness (QED) is 0.755. The highest BCUT2D eigenvalue weighted by Crippen LogP contribution is 2.07. The minimum absolute atomic E-state index is 0. The van der Waals surface area contributed by atoms with Gasteiger partial charge in [-0.2, -0.15) is 0 Å². The summed E-state index contributed by atoms with van der Waals surface area (Å²) in [6, 6.07) is 12.6. The van der Waals surface area contributed by atoms with Crippen LogP contribution in [-0.4, -0.2) is 4.98 Å². The SMILES string of the molecule is Cl.c1ccc(Cc2cc[nH]c2)cc1. The van der Waals surface area contributed by atoms with Crippen molar-refractivity contribution in [2.75, 3.05) is 0 Å². The van der Waals surface area contributed by atoms with E-state index >= 15 is 0 Å². The Bertz CT molecular complexity index is 326. The van der Waals surface area contributed by atoms with E-state index < -0.39 is 0 Å². The smallest absolute Gasteiger partial charge is 0.00407 e. The lowest BCUT2D eigenvalue weighted by molar-refractivity contribution is 1.20. The minimum Gasteiger partial charge on any atom is -0.367 e. The monoisotopic (exact) mass is 193 g/mol. The Morgan fingerprint density at radius 3 is 2.31 bits per heavy atom. The van der Waals surface area contributed by atoms with Crippen LogP contribution in [0.4, 0.5) is 0 Å². The predicted molar refractivity (Wildman–Crippen MR) is 57.3 cm³/mol. The van der Waals surface area contributed by atoms with Crippen molar-refractivity contribution in [1.82, 2.24) is 4.98 Å². The lowest BCUT2D eigenvalue weighted by Crippen LogP contribution is -1.83. The summed E-state index contributed by atoms with van der Waals surface area (Å²) in [5.74, 6) is 0. The molecule has 0 fully saturated rings. The Morgan fingerprint density at radius 2 is 1.69 bits per heavy atom. The molecule has 13 heavy (non-hydrogen) atoms. The van der Waals surface area contributed by atoms with Gasteiger partial charge in [0.1, 0.15) is 0 Å². The molecule has 2 rings (SSSR count). The van der Waals surface area contributed by atoms with Gasteiger partial charge in [0.15, 0.2) is 0 Å². The molecule has 0 unspecified atom stereocenters. The third kappa shape index (κ3) is 2.63. The molecule has 0 saturated carbocycles. The van der Waals surface area contributed by atoms with Gasteiger partial charge in [-0.1, -0.05) is 30.3 Å². The normalized spacial score (nSPS) is 9.23. The maximum Gasteiger partial charge on any atom is 0.00407 e. The van der Waals surface area contributed by atoms with Crippen molar-refractivity contribution in [2.24, 2.45) is 0 Å². The van der Waals surface area contributed by atoms with Gasteiger partial charge in [0.2, 0.25) is 0 Å². The van der Waals surface area contributed by atoms with E-state index in [1.807, 2.05) is 18.5 Å². The van der Waals surface area contributed by atoms with Crippen LogP contribution in [0.5, 0.6) is 0 Å². The number of nitrogens with one attached hydrogen (secondary N) is 1. The molecule has 0 amide bonds. The Kier molecular flexibility index (Phi) is 3.59. The molecule has 2 aromatic rings. The molecule has 0 aliphatic carbocycles. The second kappa shape index (κ2) is 4.73. The molecule has 0 bridgehead atoms. The highest BCUT2D eigenvalue weighted by molar-refractivity contribution is 5.85. The van der Waals surface area contributed by atoms with Gasteiger partial charge in [0.25, 0.3) is 0 Å². The number of benzene rings is 1. The highest BCUT2D eigenvalue weighted by Gasteiger charge is 1.93. The van der Waals surface area contributed by atoms with Crippen molar-refractivity contribution in [3.05, 3.63) is 59.9 Å². The molecule has 0 aliphatic heterocycles. The van der Waals surface area contributed by atoms with Crippen LogP contribution in [-0.2, 0) is 6.42 Å². The Balaban J connectivity index is 0.000000845. The standard InChI is InChI=1S/C11H11N.ClH/c1-2-4-10(5-3-1)8-11-6-7-12-9-11;/h1-7,9,12H,8H2;1H. The van der Waals surface area contributed by atoms with E-state index in [0.717, 1.165) is 6.42 Å². The molecule has 2 heteroatoms. The van der Waals surface area contributed by atoms with Gasteiger partial charge in [-0.3, -0.25) is 0 Å². The Labute approximate surface area is 84.2 Å². The first kappa shape index (κ1) is 9.87. The molecule has 0 spiro atoms. The number of halogens is 1. The summed E-state index contributed by atoms with van der Waals surface area (Å²) in [7, 11) is 0. The topological polar surface area (TPSA) is 15.8 Å². The summed E-state index contributed by atoms with van der Waals surface area (Å²) in [5.41, 5.74) is 2.69. The molecular formula is C11H12ClN. The first-order valence-corrected chi connectivity index (χ1v) is 4.11.